The van der Waals surface area contributed by atoms with Crippen molar-refractivity contribution in [3.63, 3.8) is 0 Å². The molecule has 3 aromatic carbocycles. The van der Waals surface area contributed by atoms with Crippen LogP contribution in [0.3, 0.4) is 0 Å². The Morgan fingerprint density at radius 1 is 1.11 bits per heavy atom. The maximum atomic E-state index is 15.7. The van der Waals surface area contributed by atoms with E-state index in [1.807, 2.05) is 51.1 Å². The van der Waals surface area contributed by atoms with Crippen molar-refractivity contribution in [2.24, 2.45) is 11.3 Å². The topological polar surface area (TPSA) is 56.1 Å². The van der Waals surface area contributed by atoms with Gasteiger partial charge in [0.2, 0.25) is 0 Å². The molecule has 8 heteroatoms. The Balaban J connectivity index is 1.91. The Hall–Kier alpha value is -3.14. The van der Waals surface area contributed by atoms with Gasteiger partial charge in [-0.2, -0.15) is 5.26 Å². The van der Waals surface area contributed by atoms with Crippen molar-refractivity contribution in [1.82, 2.24) is 10.2 Å². The number of carbonyl (C=O) groups is 1. The predicted molar refractivity (Wildman–Crippen MR) is 146 cm³/mol. The highest BCUT2D eigenvalue weighted by Crippen LogP contribution is 2.56. The molecule has 4 rings (SSSR count). The summed E-state index contributed by atoms with van der Waals surface area (Å²) in [5.41, 5.74) is -0.880. The van der Waals surface area contributed by atoms with Crippen molar-refractivity contribution in [3.05, 3.63) is 105 Å². The fourth-order valence-corrected chi connectivity index (χ4v) is 5.89. The van der Waals surface area contributed by atoms with Crippen LogP contribution in [0.25, 0.3) is 0 Å². The first-order valence-corrected chi connectivity index (χ1v) is 13.1. The molecule has 2 amide bonds. The summed E-state index contributed by atoms with van der Waals surface area (Å²) in [5.74, 6) is -1.95. The summed E-state index contributed by atoms with van der Waals surface area (Å²) in [4.78, 5) is 15.2. The lowest BCUT2D eigenvalue weighted by Gasteiger charge is -2.38. The number of rotatable bonds is 5. The van der Waals surface area contributed by atoms with Crippen LogP contribution in [0.15, 0.2) is 66.7 Å². The van der Waals surface area contributed by atoms with Gasteiger partial charge in [0.25, 0.3) is 0 Å². The zero-order valence-corrected chi connectivity index (χ0v) is 23.0. The lowest BCUT2D eigenvalue weighted by atomic mass is 9.63. The van der Waals surface area contributed by atoms with Crippen LogP contribution in [0.1, 0.15) is 49.9 Å². The Kier molecular flexibility index (Phi) is 8.01. The molecule has 1 aliphatic rings. The SMILES string of the molecule is CC(C)(C)C[C@@H]1CN(C(=O)NCc2ccccc2)[C@@H](c2cccc(Cl)c2F)[C@@]1(C#N)c1ccc(Cl)cc1F. The summed E-state index contributed by atoms with van der Waals surface area (Å²) in [5, 5.41) is 13.8. The number of hydrogen-bond acceptors (Lipinski definition) is 2. The van der Waals surface area contributed by atoms with Crippen LogP contribution < -0.4 is 5.32 Å². The highest BCUT2D eigenvalue weighted by Gasteiger charge is 2.60. The number of nitrogens with zero attached hydrogens (tertiary/aromatic N) is 2. The molecule has 3 atom stereocenters. The molecule has 0 spiro atoms. The Bertz CT molecular complexity index is 1370. The third-order valence-electron chi connectivity index (χ3n) is 7.05. The first-order valence-electron chi connectivity index (χ1n) is 12.4. The molecule has 1 fully saturated rings. The van der Waals surface area contributed by atoms with E-state index in [1.165, 1.54) is 29.2 Å². The first kappa shape index (κ1) is 27.9. The third kappa shape index (κ3) is 5.36. The van der Waals surface area contributed by atoms with E-state index < -0.39 is 35.0 Å². The molecule has 1 aliphatic heterocycles. The molecular formula is C30H29Cl2F2N3O. The maximum Gasteiger partial charge on any atom is 0.318 e. The van der Waals surface area contributed by atoms with Gasteiger partial charge in [0, 0.05) is 35.2 Å². The molecule has 0 aliphatic carbocycles. The van der Waals surface area contributed by atoms with E-state index >= 15 is 8.78 Å². The monoisotopic (exact) mass is 555 g/mol. The van der Waals surface area contributed by atoms with Crippen LogP contribution in [-0.4, -0.2) is 17.5 Å². The average Bonchev–Trinajstić information content (AvgIpc) is 3.17. The molecule has 0 bridgehead atoms. The number of likely N-dealkylation sites (tertiary alicyclic amines) is 1. The van der Waals surface area contributed by atoms with Gasteiger partial charge in [0.05, 0.1) is 17.1 Å². The van der Waals surface area contributed by atoms with Crippen LogP contribution >= 0.6 is 23.2 Å². The van der Waals surface area contributed by atoms with Crippen LogP contribution in [-0.2, 0) is 12.0 Å². The molecule has 0 radical (unpaired) electrons. The standard InChI is InChI=1S/C30H29Cl2F2N3O/c1-29(2,3)15-20-17-37(28(38)36-16-19-8-5-4-6-9-19)27(22-10-7-11-24(32)26(22)34)30(20,18-35)23-13-12-21(31)14-25(23)33/h4-14,20,27H,15-17H2,1-3H3,(H,36,38)/t20-,27+,30-/m1/s1. The summed E-state index contributed by atoms with van der Waals surface area (Å²) in [7, 11) is 0. The minimum absolute atomic E-state index is 0.0553. The Morgan fingerprint density at radius 3 is 2.45 bits per heavy atom. The highest BCUT2D eigenvalue weighted by atomic mass is 35.5. The Labute approximate surface area is 232 Å². The largest absolute Gasteiger partial charge is 0.334 e. The second kappa shape index (κ2) is 10.9. The van der Waals surface area contributed by atoms with Gasteiger partial charge in [-0.25, -0.2) is 13.6 Å². The number of amides is 2. The average molecular weight is 556 g/mol. The van der Waals surface area contributed by atoms with Crippen molar-refractivity contribution in [3.8, 4) is 6.07 Å². The van der Waals surface area contributed by atoms with Gasteiger partial charge in [0.1, 0.15) is 17.0 Å². The number of benzene rings is 3. The van der Waals surface area contributed by atoms with E-state index in [0.717, 1.165) is 11.6 Å². The normalized spacial score (nSPS) is 21.3. The summed E-state index contributed by atoms with van der Waals surface area (Å²) >= 11 is 12.2. The summed E-state index contributed by atoms with van der Waals surface area (Å²) in [6.07, 6.45) is 0.476. The van der Waals surface area contributed by atoms with Crippen LogP contribution in [0.2, 0.25) is 10.0 Å². The second-order valence-electron chi connectivity index (χ2n) is 10.9. The number of nitriles is 1. The van der Waals surface area contributed by atoms with E-state index in [2.05, 4.69) is 11.4 Å². The molecule has 0 saturated carbocycles. The molecular weight excluding hydrogens is 527 g/mol. The molecule has 1 N–H and O–H groups in total. The van der Waals surface area contributed by atoms with Crippen LogP contribution in [0, 0.1) is 34.3 Å². The molecule has 1 heterocycles. The lowest BCUT2D eigenvalue weighted by molar-refractivity contribution is 0.184. The minimum atomic E-state index is -1.61. The van der Waals surface area contributed by atoms with Crippen LogP contribution in [0.4, 0.5) is 13.6 Å². The van der Waals surface area contributed by atoms with Gasteiger partial charge >= 0.3 is 6.03 Å². The third-order valence-corrected chi connectivity index (χ3v) is 7.58. The van der Waals surface area contributed by atoms with E-state index in [-0.39, 0.29) is 39.7 Å². The van der Waals surface area contributed by atoms with E-state index in [0.29, 0.717) is 6.42 Å². The molecule has 0 unspecified atom stereocenters. The number of nitrogens with one attached hydrogen (secondary N) is 1. The van der Waals surface area contributed by atoms with Crippen molar-refractivity contribution >= 4 is 29.2 Å². The van der Waals surface area contributed by atoms with Crippen molar-refractivity contribution < 1.29 is 13.6 Å². The minimum Gasteiger partial charge on any atom is -0.334 e. The summed E-state index contributed by atoms with van der Waals surface area (Å²) < 4.78 is 31.3. The van der Waals surface area contributed by atoms with E-state index in [4.69, 9.17) is 23.2 Å². The van der Waals surface area contributed by atoms with Crippen molar-refractivity contribution in [2.75, 3.05) is 6.54 Å². The first-order chi connectivity index (χ1) is 18.0. The van der Waals surface area contributed by atoms with E-state index in [1.54, 1.807) is 6.07 Å². The van der Waals surface area contributed by atoms with Gasteiger partial charge in [-0.05, 0) is 35.6 Å². The van der Waals surface area contributed by atoms with Gasteiger partial charge in [0.15, 0.2) is 0 Å². The molecule has 0 aromatic heterocycles. The fraction of sp³-hybridized carbons (Fsp3) is 0.333. The Morgan fingerprint density at radius 2 is 1.82 bits per heavy atom. The van der Waals surface area contributed by atoms with Gasteiger partial charge < -0.3 is 10.2 Å². The number of halogens is 4. The van der Waals surface area contributed by atoms with E-state index in [9.17, 15) is 10.1 Å². The smallest absolute Gasteiger partial charge is 0.318 e. The second-order valence-corrected chi connectivity index (χ2v) is 11.8. The number of hydrogen-bond donors (Lipinski definition) is 1. The molecule has 4 nitrogen and oxygen atoms in total. The highest BCUT2D eigenvalue weighted by molar-refractivity contribution is 6.31. The zero-order chi connectivity index (χ0) is 27.7. The van der Waals surface area contributed by atoms with Gasteiger partial charge in [-0.1, -0.05) is 92.5 Å². The van der Waals surface area contributed by atoms with Crippen molar-refractivity contribution in [2.45, 2.75) is 45.2 Å². The quantitative estimate of drug-likeness (QED) is 0.346. The van der Waals surface area contributed by atoms with Crippen LogP contribution in [0.5, 0.6) is 0 Å². The lowest BCUT2D eigenvalue weighted by Crippen LogP contribution is -2.44. The molecule has 38 heavy (non-hydrogen) atoms. The van der Waals surface area contributed by atoms with Gasteiger partial charge in [-0.15, -0.1) is 0 Å². The summed E-state index contributed by atoms with van der Waals surface area (Å²) in [6, 6.07) is 18.7. The molecule has 1 saturated heterocycles. The zero-order valence-electron chi connectivity index (χ0n) is 21.4. The summed E-state index contributed by atoms with van der Waals surface area (Å²) in [6.45, 7) is 6.39. The maximum absolute atomic E-state index is 15.7. The van der Waals surface area contributed by atoms with Crippen molar-refractivity contribution in [1.29, 1.82) is 5.26 Å². The number of carbonyl (C=O) groups excluding carboxylic acids is 1. The van der Waals surface area contributed by atoms with Gasteiger partial charge in [-0.3, -0.25) is 0 Å². The number of urea groups is 1. The predicted octanol–water partition coefficient (Wildman–Crippen LogP) is 8.05. The fourth-order valence-electron chi connectivity index (χ4n) is 5.55. The molecule has 3 aromatic rings. The molecule has 198 valence electrons.